The molecule has 0 atom stereocenters. The zero-order valence-corrected chi connectivity index (χ0v) is 71.6. The van der Waals surface area contributed by atoms with E-state index in [1.54, 1.807) is 46.9 Å². The zero-order valence-electron chi connectivity index (χ0n) is 62.8. The van der Waals surface area contributed by atoms with Crippen molar-refractivity contribution in [2.45, 2.75) is 80.6 Å². The molecule has 0 saturated heterocycles. The van der Waals surface area contributed by atoms with Gasteiger partial charge in [-0.25, -0.2) is 110 Å². The van der Waals surface area contributed by atoms with E-state index in [-0.39, 0.29) is 45.7 Å². The van der Waals surface area contributed by atoms with Gasteiger partial charge in [0.1, 0.15) is 63.1 Å². The number of halogens is 16. The Balaban J connectivity index is 0.000000362. The van der Waals surface area contributed by atoms with Crippen LogP contribution < -0.4 is 30.4 Å². The fourth-order valence-corrected chi connectivity index (χ4v) is 15.6. The number of aromatic amines is 2. The number of nitrogens with one attached hydrogen (secondary N) is 6. The van der Waals surface area contributed by atoms with Gasteiger partial charge in [0.25, 0.3) is 5.24 Å². The number of sulfonamides is 4. The van der Waals surface area contributed by atoms with Gasteiger partial charge in [0, 0.05) is 66.8 Å². The van der Waals surface area contributed by atoms with Crippen molar-refractivity contribution < 1.29 is 124 Å². The molecule has 10 rings (SSSR count). The summed E-state index contributed by atoms with van der Waals surface area (Å²) in [5.74, 6) is -17.9. The average molecular weight is 1950 g/mol. The number of ketones is 3. The summed E-state index contributed by atoms with van der Waals surface area (Å²) in [5, 5.41) is 8.80. The number of fused-ring (bicyclic) bond motifs is 2. The van der Waals surface area contributed by atoms with Gasteiger partial charge in [-0.05, 0) is 180 Å². The van der Waals surface area contributed by atoms with Crippen LogP contribution in [0.25, 0.3) is 22.1 Å². The Labute approximate surface area is 700 Å². The van der Waals surface area contributed by atoms with E-state index in [0.29, 0.717) is 53.7 Å². The molecular weight excluding hydrogens is 1880 g/mol. The number of Topliss-reactive ketones (excluding diaryl/α,β-unsaturated/α-hetero) is 2. The first kappa shape index (κ1) is 103. The first-order chi connectivity index (χ1) is 55.2. The predicted octanol–water partition coefficient (Wildman–Crippen LogP) is 17.2. The van der Waals surface area contributed by atoms with Crippen LogP contribution >= 0.6 is 54.1 Å². The van der Waals surface area contributed by atoms with Crippen LogP contribution in [0.1, 0.15) is 138 Å². The number of carboxylic acids is 1. The van der Waals surface area contributed by atoms with Crippen LogP contribution in [-0.4, -0.2) is 124 Å². The molecule has 0 unspecified atom stereocenters. The molecule has 10 aromatic rings. The Morgan fingerprint density at radius 2 is 0.790 bits per heavy atom. The molecule has 0 saturated carbocycles. The van der Waals surface area contributed by atoms with Gasteiger partial charge < -0.3 is 26.5 Å². The Hall–Kier alpha value is -9.90. The molecule has 6 aromatic carbocycles. The number of pyridine rings is 2. The van der Waals surface area contributed by atoms with E-state index in [9.17, 15) is 119 Å². The van der Waals surface area contributed by atoms with Crippen LogP contribution in [-0.2, 0) is 49.1 Å². The van der Waals surface area contributed by atoms with E-state index in [2.05, 4.69) is 56.5 Å². The third-order valence-electron chi connectivity index (χ3n) is 14.3. The Morgan fingerprint density at radius 1 is 0.437 bits per heavy atom. The Morgan fingerprint density at radius 3 is 1.16 bits per heavy atom. The number of aromatic nitrogens is 4. The molecule has 0 aliphatic rings. The van der Waals surface area contributed by atoms with Gasteiger partial charge in [-0.3, -0.25) is 38.1 Å². The lowest BCUT2D eigenvalue weighted by molar-refractivity contribution is 0.0685. The molecule has 26 nitrogen and oxygen atoms in total. The number of nitrogen functional groups attached to an aromatic ring is 2. The average Bonchev–Trinajstić information content (AvgIpc) is 1.65. The summed E-state index contributed by atoms with van der Waals surface area (Å²) in [4.78, 5) is 70.0. The fraction of sp³-hybridized carbons (Fsp3) is 0.236. The number of carbonyl (C=O) groups is 5. The Bertz CT molecular complexity index is 5710. The van der Waals surface area contributed by atoms with Crippen LogP contribution in [0.3, 0.4) is 0 Å². The van der Waals surface area contributed by atoms with Gasteiger partial charge in [-0.1, -0.05) is 34.6 Å². The highest BCUT2D eigenvalue weighted by molar-refractivity contribution is 9.10. The molecule has 0 fully saturated rings. The highest BCUT2D eigenvalue weighted by atomic mass is 79.9. The van der Waals surface area contributed by atoms with E-state index in [0.717, 1.165) is 96.1 Å². The van der Waals surface area contributed by atoms with Crippen molar-refractivity contribution in [3.8, 4) is 0 Å². The second-order valence-electron chi connectivity index (χ2n) is 23.9. The lowest BCUT2D eigenvalue weighted by atomic mass is 10.0. The number of nitrogens with two attached hydrogens (primary N) is 2. The SMILES string of the molecule is Brc1cnc2[nH]ccc2c1.CC(=O)c1c(F)ccc(N)c1F.CCCS(=O)(=O)Cl.CCCS(=O)(=O)Nc1ccc(F)c(C(=O)Cl)c1F.CCCS(=O)(=O)Nc1ccc(F)c(C(=O)O)c1F.CCCS(=O)(=O)Nc1ccc(F)c(C(=O)c2c[nH]c3ncc(Br)cc23)c1F.CCCS(=O)(=O)Nc1ccc(F)c(C(C)=O)c1F.Nc1ccc(F)cc1F. The number of benzene rings is 6. The summed E-state index contributed by atoms with van der Waals surface area (Å²) in [6.07, 6.45) is 8.38. The molecule has 0 aliphatic heterocycles. The second kappa shape index (κ2) is 46.6. The van der Waals surface area contributed by atoms with Gasteiger partial charge in [0.15, 0.2) is 40.7 Å². The number of nitrogens with zero attached hydrogens (tertiary/aromatic N) is 2. The van der Waals surface area contributed by atoms with Crippen molar-refractivity contribution in [1.82, 2.24) is 19.9 Å². The predicted molar refractivity (Wildman–Crippen MR) is 436 cm³/mol. The number of H-pyrrole nitrogens is 2. The minimum atomic E-state index is -3.80. The van der Waals surface area contributed by atoms with E-state index < -0.39 is 198 Å². The van der Waals surface area contributed by atoms with Crippen LogP contribution in [0.2, 0.25) is 0 Å². The number of carbonyl (C=O) groups excluding carboxylic acids is 4. The number of carboxylic acid groups (broad SMARTS) is 1. The summed E-state index contributed by atoms with van der Waals surface area (Å²) >= 11 is 11.6. The highest BCUT2D eigenvalue weighted by Gasteiger charge is 2.28. The van der Waals surface area contributed by atoms with Crippen molar-refractivity contribution in [3.63, 3.8) is 0 Å². The van der Waals surface area contributed by atoms with Crippen molar-refractivity contribution >= 4 is 188 Å². The molecule has 648 valence electrons. The van der Waals surface area contributed by atoms with Gasteiger partial charge in [0.2, 0.25) is 54.9 Å². The first-order valence-corrected chi connectivity index (χ1v) is 44.8. The maximum atomic E-state index is 14.8. The van der Waals surface area contributed by atoms with E-state index >= 15 is 0 Å². The van der Waals surface area contributed by atoms with E-state index in [1.165, 1.54) is 18.5 Å². The quantitative estimate of drug-likeness (QED) is 0.0117. The lowest BCUT2D eigenvalue weighted by Crippen LogP contribution is -2.18. The molecular formula is C72H72Br2Cl2F12N10O16S5. The van der Waals surface area contributed by atoms with Crippen LogP contribution in [0.15, 0.2) is 131 Å². The van der Waals surface area contributed by atoms with Crippen molar-refractivity contribution in [2.24, 2.45) is 0 Å². The van der Waals surface area contributed by atoms with E-state index in [1.807, 2.05) is 32.5 Å². The summed E-state index contributed by atoms with van der Waals surface area (Å²) in [5.41, 5.74) is 4.95. The van der Waals surface area contributed by atoms with Crippen LogP contribution in [0.4, 0.5) is 86.8 Å². The van der Waals surface area contributed by atoms with Crippen molar-refractivity contribution in [2.75, 3.05) is 59.1 Å². The molecule has 11 N–H and O–H groups in total. The minimum Gasteiger partial charge on any atom is -0.477 e. The standard InChI is InChI=1S/C17H14BrF2N3O3S.C11H13F2NO3S.C10H10ClF2NO3S.C10H11F2NO4S.C8H7F2NO.C7H5BrN2.C6H5F2N.C3H7ClO2S/c1-2-5-27(25,26)23-13-4-3-12(19)14(15(13)20)16(24)11-8-22-17-10(11)6-9(18)7-21-17;1-3-6-18(16,17)14-9-5-4-8(12)10(7(2)15)11(9)13;1-2-5-18(16,17)14-7-4-3-6(12)8(9(7)13)10(11)15;1-2-5-18(16,17)13-7-4-3-6(11)8(9(7)12)10(14)15;1-4(12)7-5(9)2-3-6(11)8(7)10;8-6-3-5-1-2-9-7(5)10-4-6;7-4-1-2-6(9)5(8)3-4;1-2-3-7(4,5)6/h3-4,6-8,23H,2,5H2,1H3,(H,21,22);4-5,14H,3,6H2,1-2H3;3-4,14H,2,5H2,1H3;3-4,13H,2,5H2,1H3,(H,14,15);2-3H,11H2,1H3;1-4H,(H,9,10);1-3H,9H2;2-3H2,1H3. The summed E-state index contributed by atoms with van der Waals surface area (Å²) < 4.78 is 281. The summed E-state index contributed by atoms with van der Waals surface area (Å²) in [7, 11) is -13.4. The summed E-state index contributed by atoms with van der Waals surface area (Å²) in [6, 6.07) is 17.5. The van der Waals surface area contributed by atoms with Gasteiger partial charge in [-0.2, -0.15) is 0 Å². The molecule has 4 aromatic heterocycles. The largest absolute Gasteiger partial charge is 0.477 e. The molecule has 0 bridgehead atoms. The molecule has 0 radical (unpaired) electrons. The number of aromatic carboxylic acids is 1. The normalized spacial score (nSPS) is 11.1. The molecule has 47 heteroatoms. The zero-order chi connectivity index (χ0) is 90.6. The van der Waals surface area contributed by atoms with Gasteiger partial charge in [0.05, 0.1) is 79.6 Å². The van der Waals surface area contributed by atoms with Gasteiger partial charge in [-0.15, -0.1) is 0 Å². The first-order valence-electron chi connectivity index (χ1n) is 33.7. The van der Waals surface area contributed by atoms with Crippen LogP contribution in [0.5, 0.6) is 0 Å². The van der Waals surface area contributed by atoms with E-state index in [4.69, 9.17) is 38.9 Å². The van der Waals surface area contributed by atoms with Crippen molar-refractivity contribution in [3.05, 3.63) is 234 Å². The molecule has 119 heavy (non-hydrogen) atoms. The maximum Gasteiger partial charge on any atom is 0.341 e. The van der Waals surface area contributed by atoms with Gasteiger partial charge >= 0.3 is 5.97 Å². The molecule has 4 heterocycles. The lowest BCUT2D eigenvalue weighted by Gasteiger charge is -2.11. The summed E-state index contributed by atoms with van der Waals surface area (Å²) in [6.45, 7) is 10.4. The second-order valence-corrected chi connectivity index (χ2v) is 36.3. The number of anilines is 6. The minimum absolute atomic E-state index is 0.0187. The monoisotopic (exact) mass is 1950 g/mol. The Kier molecular flexibility index (Phi) is 40.5. The topological polar surface area (TPSA) is 434 Å². The number of hydrogen-bond donors (Lipinski definition) is 9. The third kappa shape index (κ3) is 32.6. The fourth-order valence-electron chi connectivity index (χ4n) is 9.23. The molecule has 0 spiro atoms. The number of rotatable bonds is 24. The number of hydrogen-bond acceptors (Lipinski definition) is 19. The maximum absolute atomic E-state index is 14.8. The molecule has 0 amide bonds. The van der Waals surface area contributed by atoms with Crippen molar-refractivity contribution in [1.29, 1.82) is 0 Å². The third-order valence-corrected chi connectivity index (χ3v) is 22.6. The van der Waals surface area contributed by atoms with Crippen LogP contribution in [0, 0.1) is 69.8 Å². The smallest absolute Gasteiger partial charge is 0.341 e. The molecule has 0 aliphatic carbocycles. The highest BCUT2D eigenvalue weighted by Crippen LogP contribution is 2.31.